The first-order chi connectivity index (χ1) is 11.2. The predicted molar refractivity (Wildman–Crippen MR) is 92.9 cm³/mol. The van der Waals surface area contributed by atoms with Gasteiger partial charge in [-0.2, -0.15) is 8.42 Å². The van der Waals surface area contributed by atoms with Crippen molar-refractivity contribution in [3.63, 3.8) is 0 Å². The van der Waals surface area contributed by atoms with Crippen molar-refractivity contribution in [3.05, 3.63) is 18.7 Å². The first-order valence-electron chi connectivity index (χ1n) is 8.47. The van der Waals surface area contributed by atoms with E-state index < -0.39 is 10.4 Å². The van der Waals surface area contributed by atoms with Crippen LogP contribution in [0.1, 0.15) is 65.2 Å². The zero-order valence-electron chi connectivity index (χ0n) is 15.1. The van der Waals surface area contributed by atoms with Gasteiger partial charge >= 0.3 is 79.9 Å². The fourth-order valence-electron chi connectivity index (χ4n) is 1.83. The van der Waals surface area contributed by atoms with Crippen LogP contribution in [-0.2, 0) is 43.2 Å². The third-order valence-corrected chi connectivity index (χ3v) is 3.61. The van der Waals surface area contributed by atoms with E-state index in [-0.39, 0.29) is 0 Å². The van der Waals surface area contributed by atoms with Gasteiger partial charge in [-0.15, -0.1) is 0 Å². The molecule has 0 bridgehead atoms. The molecule has 0 saturated heterocycles. The van der Waals surface area contributed by atoms with Crippen LogP contribution in [0, 0.1) is 0 Å². The Labute approximate surface area is 158 Å². The summed E-state index contributed by atoms with van der Waals surface area (Å²) >= 11 is 3.19. The van der Waals surface area contributed by atoms with Gasteiger partial charge in [0.25, 0.3) is 0 Å². The van der Waals surface area contributed by atoms with Crippen molar-refractivity contribution in [1.29, 1.82) is 0 Å². The Kier molecular flexibility index (Phi) is 19.0. The van der Waals surface area contributed by atoms with E-state index in [4.69, 9.17) is 17.5 Å². The second-order valence-corrected chi connectivity index (χ2v) is 7.22. The molecule has 0 aromatic carbocycles. The van der Waals surface area contributed by atoms with E-state index in [0.29, 0.717) is 0 Å². The van der Waals surface area contributed by atoms with Crippen LogP contribution >= 0.6 is 0 Å². The zero-order chi connectivity index (χ0) is 18.8. The van der Waals surface area contributed by atoms with E-state index in [0.717, 1.165) is 6.54 Å². The minimum atomic E-state index is -4.67. The smallest absolute Gasteiger partial charge is 0.264 e. The van der Waals surface area contributed by atoms with Gasteiger partial charge in [-0.25, -0.2) is 9.13 Å². The van der Waals surface area contributed by atoms with E-state index in [9.17, 15) is 0 Å². The first kappa shape index (κ1) is 26.0. The molecule has 1 aromatic rings. The summed E-state index contributed by atoms with van der Waals surface area (Å²) in [6, 6.07) is 0. The van der Waals surface area contributed by atoms with Gasteiger partial charge in [0, 0.05) is 0 Å². The molecule has 6 nitrogen and oxygen atoms in total. The number of aromatic nitrogens is 2. The molecule has 1 heterocycles. The van der Waals surface area contributed by atoms with Crippen LogP contribution in [0.2, 0.25) is 4.89 Å². The second-order valence-electron chi connectivity index (χ2n) is 5.54. The van der Waals surface area contributed by atoms with Crippen LogP contribution in [0.4, 0.5) is 0 Å². The Morgan fingerprint density at radius 1 is 1.00 bits per heavy atom. The largest absolute Gasteiger partial charge is 0.394 e. The normalized spacial score (nSPS) is 10.5. The van der Waals surface area contributed by atoms with Gasteiger partial charge < -0.3 is 0 Å². The summed E-state index contributed by atoms with van der Waals surface area (Å²) in [7, 11) is -2.62. The summed E-state index contributed by atoms with van der Waals surface area (Å²) in [6.45, 7) is 5.62. The van der Waals surface area contributed by atoms with Crippen LogP contribution in [0.5, 0.6) is 0 Å². The maximum atomic E-state index is 8.74. The molecule has 0 aliphatic heterocycles. The van der Waals surface area contributed by atoms with Gasteiger partial charge in [-0.1, -0.05) is 13.3 Å². The number of aryl methyl sites for hydroxylation is 2. The Morgan fingerprint density at radius 2 is 1.50 bits per heavy atom. The van der Waals surface area contributed by atoms with Crippen LogP contribution in [0.15, 0.2) is 18.7 Å². The molecule has 0 spiro atoms. The number of hydrogen-bond acceptors (Lipinski definition) is 2. The minimum absolute atomic E-state index is 1.15. The van der Waals surface area contributed by atoms with Crippen molar-refractivity contribution in [2.24, 2.45) is 7.05 Å². The third-order valence-electron chi connectivity index (χ3n) is 3.06. The van der Waals surface area contributed by atoms with Crippen LogP contribution in [-0.4, -0.2) is 22.1 Å². The molecule has 1 aromatic heterocycles. The van der Waals surface area contributed by atoms with Crippen LogP contribution < -0.4 is 4.57 Å². The maximum Gasteiger partial charge on any atom is 0.394 e. The van der Waals surface area contributed by atoms with E-state index >= 15 is 0 Å². The average molecular weight is 457 g/mol. The van der Waals surface area contributed by atoms with Crippen molar-refractivity contribution < 1.29 is 41.3 Å². The summed E-state index contributed by atoms with van der Waals surface area (Å²) in [5.41, 5.74) is 0. The molecular formula is C16H34N2O4PdS+. The van der Waals surface area contributed by atoms with Crippen LogP contribution in [0.3, 0.4) is 0 Å². The number of nitrogens with zero attached hydrogens (tertiary/aromatic N) is 2. The van der Waals surface area contributed by atoms with Gasteiger partial charge in [0.2, 0.25) is 6.33 Å². The molecule has 0 aliphatic carbocycles. The molecule has 0 fully saturated rings. The number of unbranched alkanes of at least 4 members (excludes halogenated alkanes) is 6. The fourth-order valence-corrected chi connectivity index (χ4v) is 2.22. The van der Waals surface area contributed by atoms with Crippen molar-refractivity contribution in [2.75, 3.05) is 0 Å². The maximum absolute atomic E-state index is 8.74. The van der Waals surface area contributed by atoms with Gasteiger partial charge in [0.15, 0.2) is 0 Å². The van der Waals surface area contributed by atoms with Crippen molar-refractivity contribution in [1.82, 2.24) is 4.57 Å². The molecule has 24 heavy (non-hydrogen) atoms. The predicted octanol–water partition coefficient (Wildman–Crippen LogP) is 3.77. The molecule has 0 amide bonds. The summed E-state index contributed by atoms with van der Waals surface area (Å²) in [5, 5.41) is 0. The van der Waals surface area contributed by atoms with Crippen LogP contribution in [0.25, 0.3) is 0 Å². The van der Waals surface area contributed by atoms with E-state index in [1.807, 2.05) is 7.05 Å². The van der Waals surface area contributed by atoms with E-state index in [2.05, 4.69) is 60.9 Å². The van der Waals surface area contributed by atoms with E-state index in [1.165, 1.54) is 56.3 Å². The molecule has 0 aliphatic rings. The molecule has 0 atom stereocenters. The second kappa shape index (κ2) is 17.6. The molecule has 147 valence electrons. The first-order valence-corrected chi connectivity index (χ1v) is 11.0. The summed E-state index contributed by atoms with van der Waals surface area (Å²) in [5.74, 6) is 0. The van der Waals surface area contributed by atoms with Gasteiger partial charge in [0.1, 0.15) is 12.4 Å². The average Bonchev–Trinajstić information content (AvgIpc) is 2.90. The Balaban J connectivity index is 0. The summed E-state index contributed by atoms with van der Waals surface area (Å²) in [4.78, 5) is 1.22. The molecule has 0 radical (unpaired) electrons. The molecular weight excluding hydrogens is 423 g/mol. The number of imidazole rings is 1. The third kappa shape index (κ3) is 26.6. The number of rotatable bonds is 9. The zero-order valence-corrected chi connectivity index (χ0v) is 17.5. The standard InChI is InChI=1S/C8H15N2.C8H17.H2O4S.Pd/c1-3-4-5-10-7-6-9(2)8-10;1-3-5-7-8-6-4-2;1-5(2,3)4;/h6-8H,3-5H2,1-2H3;1,3-8H2,2H3;(H2,1,2,3,4);/q+1;;;. The van der Waals surface area contributed by atoms with Gasteiger partial charge in [0.05, 0.1) is 13.6 Å². The van der Waals surface area contributed by atoms with Crippen molar-refractivity contribution >= 4 is 10.4 Å². The van der Waals surface area contributed by atoms with Gasteiger partial charge in [-0.05, 0) is 6.42 Å². The SMILES string of the molecule is CCCCCCC[CH2][Pd].CCCCn1cc[n+](C)c1.O=S(=O)(O)O. The quantitative estimate of drug-likeness (QED) is 0.256. The summed E-state index contributed by atoms with van der Waals surface area (Å²) < 4.78 is 35.9. The molecule has 0 saturated carbocycles. The Bertz CT molecular complexity index is 464. The monoisotopic (exact) mass is 456 g/mol. The molecule has 0 unspecified atom stereocenters. The van der Waals surface area contributed by atoms with Gasteiger partial charge in [-0.3, -0.25) is 9.11 Å². The topological polar surface area (TPSA) is 83.4 Å². The van der Waals surface area contributed by atoms with Crippen molar-refractivity contribution in [3.8, 4) is 0 Å². The molecule has 2 N–H and O–H groups in total. The Morgan fingerprint density at radius 3 is 1.92 bits per heavy atom. The van der Waals surface area contributed by atoms with Crippen molar-refractivity contribution in [2.45, 2.75) is 76.7 Å². The minimum Gasteiger partial charge on any atom is -0.264 e. The Hall–Kier alpha value is -0.258. The fraction of sp³-hybridized carbons (Fsp3) is 0.812. The summed E-state index contributed by atoms with van der Waals surface area (Å²) in [6.07, 6.45) is 17.3. The molecule has 8 heteroatoms. The molecule has 1 rings (SSSR count). The van der Waals surface area contributed by atoms with E-state index in [1.54, 1.807) is 0 Å². The number of hydrogen-bond donors (Lipinski definition) is 2.